The molecule has 202 valence electrons. The molecule has 0 aliphatic carbocycles. The summed E-state index contributed by atoms with van der Waals surface area (Å²) in [5, 5.41) is 2.90. The Morgan fingerprint density at radius 3 is 2.18 bits per heavy atom. The molecule has 0 fully saturated rings. The van der Waals surface area contributed by atoms with Gasteiger partial charge in [-0.2, -0.15) is 0 Å². The molecule has 0 aliphatic rings. The maximum absolute atomic E-state index is 14.0. The van der Waals surface area contributed by atoms with Crippen molar-refractivity contribution in [3.63, 3.8) is 0 Å². The predicted molar refractivity (Wildman–Crippen MR) is 154 cm³/mol. The largest absolute Gasteiger partial charge is 0.352 e. The number of nitrogens with zero attached hydrogens (tertiary/aromatic N) is 2. The third-order valence-corrected chi connectivity index (χ3v) is 8.28. The van der Waals surface area contributed by atoms with Crippen LogP contribution in [0.15, 0.2) is 88.2 Å². The molecule has 0 spiro atoms. The quantitative estimate of drug-likeness (QED) is 0.324. The van der Waals surface area contributed by atoms with Crippen LogP contribution < -0.4 is 9.62 Å². The number of aryl methyl sites for hydroxylation is 1. The van der Waals surface area contributed by atoms with Gasteiger partial charge in [0.25, 0.3) is 10.0 Å². The van der Waals surface area contributed by atoms with Gasteiger partial charge in [0, 0.05) is 17.1 Å². The Morgan fingerprint density at radius 1 is 0.947 bits per heavy atom. The van der Waals surface area contributed by atoms with Crippen molar-refractivity contribution in [2.75, 3.05) is 10.8 Å². The molecule has 1 atom stereocenters. The van der Waals surface area contributed by atoms with Gasteiger partial charge >= 0.3 is 0 Å². The average Bonchev–Trinajstić information content (AvgIpc) is 2.87. The van der Waals surface area contributed by atoms with Crippen molar-refractivity contribution in [1.82, 2.24) is 10.2 Å². The lowest BCUT2D eigenvalue weighted by atomic mass is 10.1. The highest BCUT2D eigenvalue weighted by Crippen LogP contribution is 2.27. The fourth-order valence-electron chi connectivity index (χ4n) is 4.08. The molecule has 0 heterocycles. The number of carbonyl (C=O) groups is 2. The second-order valence-electron chi connectivity index (χ2n) is 9.40. The van der Waals surface area contributed by atoms with Crippen molar-refractivity contribution >= 4 is 43.5 Å². The van der Waals surface area contributed by atoms with Crippen molar-refractivity contribution in [3.8, 4) is 0 Å². The Bertz CT molecular complexity index is 1350. The van der Waals surface area contributed by atoms with E-state index >= 15 is 0 Å². The standard InChI is InChI=1S/C29H34BrN3O4S/c1-5-27(29(35)31-21(2)3)32(19-23-10-7-6-8-11-23)28(34)20-33(25-13-9-12-24(30)18-25)38(36,37)26-16-14-22(4)15-17-26/h6-18,21,27H,5,19-20H2,1-4H3,(H,31,35)/t27-/m0/s1. The molecule has 0 saturated heterocycles. The highest BCUT2D eigenvalue weighted by molar-refractivity contribution is 9.10. The lowest BCUT2D eigenvalue weighted by molar-refractivity contribution is -0.140. The summed E-state index contributed by atoms with van der Waals surface area (Å²) in [6.07, 6.45) is 0.374. The summed E-state index contributed by atoms with van der Waals surface area (Å²) in [5.41, 5.74) is 2.10. The molecule has 38 heavy (non-hydrogen) atoms. The Balaban J connectivity index is 2.05. The second kappa shape index (κ2) is 13.1. The zero-order chi connectivity index (χ0) is 27.9. The van der Waals surface area contributed by atoms with Gasteiger partial charge in [-0.25, -0.2) is 8.42 Å². The molecule has 0 radical (unpaired) electrons. The van der Waals surface area contributed by atoms with Crippen LogP contribution in [-0.2, 0) is 26.2 Å². The van der Waals surface area contributed by atoms with Crippen LogP contribution in [0.3, 0.4) is 0 Å². The fourth-order valence-corrected chi connectivity index (χ4v) is 5.87. The van der Waals surface area contributed by atoms with E-state index in [2.05, 4.69) is 21.2 Å². The van der Waals surface area contributed by atoms with Gasteiger partial charge in [0.05, 0.1) is 10.6 Å². The summed E-state index contributed by atoms with van der Waals surface area (Å²) in [5.74, 6) is -0.752. The third-order valence-electron chi connectivity index (χ3n) is 6.00. The minimum atomic E-state index is -4.10. The summed E-state index contributed by atoms with van der Waals surface area (Å²) in [6.45, 7) is 7.13. The van der Waals surface area contributed by atoms with Gasteiger partial charge in [0.1, 0.15) is 12.6 Å². The summed E-state index contributed by atoms with van der Waals surface area (Å²) in [6, 6.07) is 21.8. The van der Waals surface area contributed by atoms with Gasteiger partial charge in [-0.15, -0.1) is 0 Å². The number of rotatable bonds is 11. The molecule has 3 rings (SSSR count). The highest BCUT2D eigenvalue weighted by Gasteiger charge is 2.33. The Morgan fingerprint density at radius 2 is 1.61 bits per heavy atom. The monoisotopic (exact) mass is 599 g/mol. The van der Waals surface area contributed by atoms with Crippen LogP contribution in [0.1, 0.15) is 38.3 Å². The van der Waals surface area contributed by atoms with Crippen LogP contribution in [0.5, 0.6) is 0 Å². The van der Waals surface area contributed by atoms with Crippen LogP contribution >= 0.6 is 15.9 Å². The molecular formula is C29H34BrN3O4S. The predicted octanol–water partition coefficient (Wildman–Crippen LogP) is 5.28. The maximum atomic E-state index is 14.0. The number of hydrogen-bond donors (Lipinski definition) is 1. The van der Waals surface area contributed by atoms with Crippen molar-refractivity contribution in [2.24, 2.45) is 0 Å². The number of amides is 2. The van der Waals surface area contributed by atoms with E-state index < -0.39 is 28.5 Å². The minimum Gasteiger partial charge on any atom is -0.352 e. The SMILES string of the molecule is CC[C@@H](C(=O)NC(C)C)N(Cc1ccccc1)C(=O)CN(c1cccc(Br)c1)S(=O)(=O)c1ccc(C)cc1. The molecule has 0 aromatic heterocycles. The van der Waals surface area contributed by atoms with E-state index in [0.29, 0.717) is 16.6 Å². The lowest BCUT2D eigenvalue weighted by Gasteiger charge is -2.33. The van der Waals surface area contributed by atoms with E-state index in [0.717, 1.165) is 15.4 Å². The van der Waals surface area contributed by atoms with Gasteiger partial charge in [0.15, 0.2) is 0 Å². The first-order chi connectivity index (χ1) is 18.0. The van der Waals surface area contributed by atoms with E-state index in [4.69, 9.17) is 0 Å². The van der Waals surface area contributed by atoms with E-state index in [1.807, 2.05) is 58.0 Å². The first-order valence-corrected chi connectivity index (χ1v) is 14.7. The number of anilines is 1. The Kier molecular flexibility index (Phi) is 10.1. The maximum Gasteiger partial charge on any atom is 0.264 e. The van der Waals surface area contributed by atoms with Gasteiger partial charge in [-0.05, 0) is 63.1 Å². The Labute approximate surface area is 234 Å². The number of benzene rings is 3. The summed E-state index contributed by atoms with van der Waals surface area (Å²) in [4.78, 5) is 28.6. The van der Waals surface area contributed by atoms with Gasteiger partial charge in [-0.3, -0.25) is 13.9 Å². The van der Waals surface area contributed by atoms with Crippen molar-refractivity contribution < 1.29 is 18.0 Å². The molecule has 3 aromatic carbocycles. The zero-order valence-electron chi connectivity index (χ0n) is 22.1. The van der Waals surface area contributed by atoms with E-state index in [1.54, 1.807) is 36.4 Å². The molecule has 9 heteroatoms. The van der Waals surface area contributed by atoms with Crippen molar-refractivity contribution in [2.45, 2.75) is 57.6 Å². The molecule has 0 saturated carbocycles. The zero-order valence-corrected chi connectivity index (χ0v) is 24.5. The summed E-state index contributed by atoms with van der Waals surface area (Å²) >= 11 is 3.41. The van der Waals surface area contributed by atoms with Gasteiger partial charge in [0.2, 0.25) is 11.8 Å². The van der Waals surface area contributed by atoms with Crippen LogP contribution in [0.25, 0.3) is 0 Å². The number of carbonyl (C=O) groups excluding carboxylic acids is 2. The summed E-state index contributed by atoms with van der Waals surface area (Å²) < 4.78 is 29.5. The number of sulfonamides is 1. The molecule has 3 aromatic rings. The number of nitrogens with one attached hydrogen (secondary N) is 1. The smallest absolute Gasteiger partial charge is 0.264 e. The second-order valence-corrected chi connectivity index (χ2v) is 12.2. The molecule has 1 N–H and O–H groups in total. The summed E-state index contributed by atoms with van der Waals surface area (Å²) in [7, 11) is -4.10. The average molecular weight is 601 g/mol. The minimum absolute atomic E-state index is 0.0788. The van der Waals surface area contributed by atoms with Crippen LogP contribution in [0, 0.1) is 6.92 Å². The highest BCUT2D eigenvalue weighted by atomic mass is 79.9. The topological polar surface area (TPSA) is 86.8 Å². The normalized spacial score (nSPS) is 12.2. The molecule has 2 amide bonds. The number of hydrogen-bond acceptors (Lipinski definition) is 4. The van der Waals surface area contributed by atoms with E-state index in [-0.39, 0.29) is 23.4 Å². The van der Waals surface area contributed by atoms with E-state index in [1.165, 1.54) is 17.0 Å². The van der Waals surface area contributed by atoms with Crippen molar-refractivity contribution in [1.29, 1.82) is 0 Å². The van der Waals surface area contributed by atoms with Gasteiger partial charge in [-0.1, -0.05) is 76.9 Å². The van der Waals surface area contributed by atoms with Crippen LogP contribution in [-0.4, -0.2) is 43.8 Å². The fraction of sp³-hybridized carbons (Fsp3) is 0.310. The molecule has 0 aliphatic heterocycles. The van der Waals surface area contributed by atoms with Crippen molar-refractivity contribution in [3.05, 3.63) is 94.5 Å². The lowest BCUT2D eigenvalue weighted by Crippen LogP contribution is -2.53. The van der Waals surface area contributed by atoms with Gasteiger partial charge < -0.3 is 10.2 Å². The molecule has 7 nitrogen and oxygen atoms in total. The van der Waals surface area contributed by atoms with Crippen LogP contribution in [0.4, 0.5) is 5.69 Å². The molecular weight excluding hydrogens is 566 g/mol. The third kappa shape index (κ3) is 7.45. The first kappa shape index (κ1) is 29.4. The molecule has 0 bridgehead atoms. The first-order valence-electron chi connectivity index (χ1n) is 12.5. The number of halogens is 1. The Hall–Kier alpha value is -3.17. The van der Waals surface area contributed by atoms with E-state index in [9.17, 15) is 18.0 Å². The molecule has 0 unspecified atom stereocenters. The van der Waals surface area contributed by atoms with Crippen LogP contribution in [0.2, 0.25) is 0 Å².